The van der Waals surface area contributed by atoms with E-state index in [1.807, 2.05) is 18.2 Å². The molecule has 0 saturated carbocycles. The monoisotopic (exact) mass is 268 g/mol. The Hall–Kier alpha value is -0.740. The number of aromatic nitrogens is 2. The van der Waals surface area contributed by atoms with E-state index in [4.69, 9.17) is 12.2 Å². The molecule has 2 nitrogen and oxygen atoms in total. The Morgan fingerprint density at radius 3 is 3.00 bits per heavy atom. The molecule has 0 saturated heterocycles. The number of nitrogens with zero attached hydrogens (tertiary/aromatic N) is 1. The Bertz CT molecular complexity index is 533. The van der Waals surface area contributed by atoms with E-state index in [2.05, 4.69) is 32.8 Å². The van der Waals surface area contributed by atoms with Gasteiger partial charge in [0.25, 0.3) is 0 Å². The molecule has 1 heterocycles. The second-order valence-corrected chi connectivity index (χ2v) is 4.33. The van der Waals surface area contributed by atoms with Crippen LogP contribution in [0, 0.1) is 4.64 Å². The minimum atomic E-state index is 0.670. The first-order chi connectivity index (χ1) is 6.70. The van der Waals surface area contributed by atoms with E-state index in [9.17, 15) is 0 Å². The quantitative estimate of drug-likeness (QED) is 0.801. The molecule has 0 unspecified atom stereocenters. The molecule has 2 aromatic rings. The normalized spacial score (nSPS) is 10.7. The lowest BCUT2D eigenvalue weighted by Gasteiger charge is -2.02. The van der Waals surface area contributed by atoms with E-state index < -0.39 is 0 Å². The third-order valence-electron chi connectivity index (χ3n) is 2.06. The molecule has 0 amide bonds. The number of benzene rings is 1. The van der Waals surface area contributed by atoms with Gasteiger partial charge in [-0.05, 0) is 18.2 Å². The molecule has 0 atom stereocenters. The molecule has 1 aromatic heterocycles. The summed E-state index contributed by atoms with van der Waals surface area (Å²) in [7, 11) is 0. The van der Waals surface area contributed by atoms with Gasteiger partial charge in [-0.25, -0.2) is 4.98 Å². The minimum Gasteiger partial charge on any atom is -0.343 e. The fraction of sp³-hybridized carbons (Fsp3) is 0.200. The molecule has 72 valence electrons. The lowest BCUT2D eigenvalue weighted by atomic mass is 10.2. The molecular weight excluding hydrogens is 260 g/mol. The third kappa shape index (κ3) is 1.72. The summed E-state index contributed by atoms with van der Waals surface area (Å²) in [5, 5.41) is 1.00. The summed E-state index contributed by atoms with van der Waals surface area (Å²) in [5.74, 6) is 0.931. The first-order valence-corrected chi connectivity index (χ1v) is 5.59. The van der Waals surface area contributed by atoms with E-state index in [0.29, 0.717) is 4.64 Å². The zero-order chi connectivity index (χ0) is 10.1. The van der Waals surface area contributed by atoms with Crippen LogP contribution in [-0.4, -0.2) is 9.97 Å². The highest BCUT2D eigenvalue weighted by Crippen LogP contribution is 2.18. The van der Waals surface area contributed by atoms with Crippen molar-refractivity contribution in [2.45, 2.75) is 13.3 Å². The molecular formula is C10H9BrN2S. The van der Waals surface area contributed by atoms with Gasteiger partial charge in [-0.2, -0.15) is 0 Å². The number of hydrogen-bond acceptors (Lipinski definition) is 2. The van der Waals surface area contributed by atoms with Crippen LogP contribution in [0.3, 0.4) is 0 Å². The Morgan fingerprint density at radius 2 is 2.29 bits per heavy atom. The molecule has 0 aliphatic heterocycles. The lowest BCUT2D eigenvalue weighted by Crippen LogP contribution is -1.93. The fourth-order valence-corrected chi connectivity index (χ4v) is 1.99. The van der Waals surface area contributed by atoms with Crippen LogP contribution in [0.1, 0.15) is 12.7 Å². The van der Waals surface area contributed by atoms with Crippen molar-refractivity contribution in [3.05, 3.63) is 33.1 Å². The number of hydrogen-bond donors (Lipinski definition) is 1. The van der Waals surface area contributed by atoms with Crippen molar-refractivity contribution >= 4 is 39.1 Å². The van der Waals surface area contributed by atoms with Crippen LogP contribution in [0.2, 0.25) is 0 Å². The maximum atomic E-state index is 5.20. The minimum absolute atomic E-state index is 0.670. The van der Waals surface area contributed by atoms with Crippen LogP contribution in [0.5, 0.6) is 0 Å². The first-order valence-electron chi connectivity index (χ1n) is 4.39. The largest absolute Gasteiger partial charge is 0.343 e. The Labute approximate surface area is 95.5 Å². The Morgan fingerprint density at radius 1 is 1.50 bits per heavy atom. The molecule has 0 aliphatic carbocycles. The van der Waals surface area contributed by atoms with E-state index in [1.165, 1.54) is 0 Å². The number of halogens is 1. The van der Waals surface area contributed by atoms with Crippen molar-refractivity contribution in [2.75, 3.05) is 0 Å². The second kappa shape index (κ2) is 3.79. The average molecular weight is 269 g/mol. The molecule has 4 heteroatoms. The van der Waals surface area contributed by atoms with E-state index in [-0.39, 0.29) is 0 Å². The summed E-state index contributed by atoms with van der Waals surface area (Å²) in [6.45, 7) is 2.05. The molecule has 0 spiro atoms. The molecule has 0 bridgehead atoms. The van der Waals surface area contributed by atoms with Gasteiger partial charge in [0.05, 0.1) is 5.52 Å². The topological polar surface area (TPSA) is 28.7 Å². The van der Waals surface area contributed by atoms with E-state index in [1.54, 1.807) is 0 Å². The number of aromatic amines is 1. The van der Waals surface area contributed by atoms with Gasteiger partial charge >= 0.3 is 0 Å². The molecule has 1 aromatic carbocycles. The standard InChI is InChI=1S/C10H9BrN2S/c1-2-9-12-8-5-6(11)3-4-7(8)10(14)13-9/h3-5H,2H2,1H3,(H,12,13,14). The zero-order valence-corrected chi connectivity index (χ0v) is 10.1. The Balaban J connectivity index is 2.84. The van der Waals surface area contributed by atoms with Gasteiger partial charge in [-0.15, -0.1) is 0 Å². The molecule has 14 heavy (non-hydrogen) atoms. The first kappa shape index (κ1) is 9.80. The van der Waals surface area contributed by atoms with Crippen molar-refractivity contribution in [2.24, 2.45) is 0 Å². The van der Waals surface area contributed by atoms with Crippen molar-refractivity contribution in [1.82, 2.24) is 9.97 Å². The SMILES string of the molecule is CCc1nc(=S)c2ccc(Br)cc2[nH]1. The van der Waals surface area contributed by atoms with Gasteiger partial charge in [-0.3, -0.25) is 0 Å². The summed E-state index contributed by atoms with van der Waals surface area (Å²) in [5.41, 5.74) is 1.04. The highest BCUT2D eigenvalue weighted by atomic mass is 79.9. The summed E-state index contributed by atoms with van der Waals surface area (Å²) in [6.07, 6.45) is 0.867. The highest BCUT2D eigenvalue weighted by Gasteiger charge is 1.99. The van der Waals surface area contributed by atoms with Crippen molar-refractivity contribution in [3.63, 3.8) is 0 Å². The third-order valence-corrected chi connectivity index (χ3v) is 2.87. The molecule has 0 radical (unpaired) electrons. The number of aryl methyl sites for hydroxylation is 1. The summed E-state index contributed by atoms with van der Waals surface area (Å²) >= 11 is 8.63. The summed E-state index contributed by atoms with van der Waals surface area (Å²) in [4.78, 5) is 7.54. The van der Waals surface area contributed by atoms with Gasteiger partial charge in [0.15, 0.2) is 0 Å². The smallest absolute Gasteiger partial charge is 0.137 e. The predicted molar refractivity (Wildman–Crippen MR) is 64.0 cm³/mol. The van der Waals surface area contributed by atoms with Crippen molar-refractivity contribution in [3.8, 4) is 0 Å². The van der Waals surface area contributed by atoms with Crippen LogP contribution in [0.25, 0.3) is 10.9 Å². The van der Waals surface area contributed by atoms with Gasteiger partial charge in [0.1, 0.15) is 10.5 Å². The maximum absolute atomic E-state index is 5.20. The lowest BCUT2D eigenvalue weighted by molar-refractivity contribution is 0.955. The van der Waals surface area contributed by atoms with Gasteiger partial charge in [0.2, 0.25) is 0 Å². The van der Waals surface area contributed by atoms with Crippen LogP contribution in [0.4, 0.5) is 0 Å². The van der Waals surface area contributed by atoms with Gasteiger partial charge < -0.3 is 4.98 Å². The highest BCUT2D eigenvalue weighted by molar-refractivity contribution is 9.10. The number of nitrogens with one attached hydrogen (secondary N) is 1. The van der Waals surface area contributed by atoms with Crippen LogP contribution in [0.15, 0.2) is 22.7 Å². The fourth-order valence-electron chi connectivity index (χ4n) is 1.34. The molecule has 1 N–H and O–H groups in total. The van der Waals surface area contributed by atoms with Crippen LogP contribution >= 0.6 is 28.1 Å². The summed E-state index contributed by atoms with van der Waals surface area (Å²) < 4.78 is 1.71. The van der Waals surface area contributed by atoms with Crippen LogP contribution < -0.4 is 0 Å². The summed E-state index contributed by atoms with van der Waals surface area (Å²) in [6, 6.07) is 5.97. The van der Waals surface area contributed by atoms with Gasteiger partial charge in [-0.1, -0.05) is 35.1 Å². The van der Waals surface area contributed by atoms with Crippen molar-refractivity contribution < 1.29 is 0 Å². The average Bonchev–Trinajstić information content (AvgIpc) is 2.16. The van der Waals surface area contributed by atoms with Crippen molar-refractivity contribution in [1.29, 1.82) is 0 Å². The Kier molecular flexibility index (Phi) is 2.65. The second-order valence-electron chi connectivity index (χ2n) is 3.03. The number of H-pyrrole nitrogens is 1. The molecule has 2 rings (SSSR count). The number of fused-ring (bicyclic) bond motifs is 1. The van der Waals surface area contributed by atoms with E-state index in [0.717, 1.165) is 27.6 Å². The molecule has 0 fully saturated rings. The van der Waals surface area contributed by atoms with E-state index >= 15 is 0 Å². The predicted octanol–water partition coefficient (Wildman–Crippen LogP) is 3.62. The molecule has 0 aliphatic rings. The number of rotatable bonds is 1. The maximum Gasteiger partial charge on any atom is 0.137 e. The van der Waals surface area contributed by atoms with Gasteiger partial charge in [0, 0.05) is 16.3 Å². The zero-order valence-electron chi connectivity index (χ0n) is 7.67. The van der Waals surface area contributed by atoms with Crippen LogP contribution in [-0.2, 0) is 6.42 Å².